The molecule has 7 nitrogen and oxygen atoms in total. The van der Waals surface area contributed by atoms with E-state index < -0.39 is 4.92 Å². The number of amides is 1. The molecule has 0 fully saturated rings. The van der Waals surface area contributed by atoms with Gasteiger partial charge in [0, 0.05) is 6.07 Å². The van der Waals surface area contributed by atoms with Crippen LogP contribution in [0.5, 0.6) is 5.75 Å². The van der Waals surface area contributed by atoms with Gasteiger partial charge in [-0.1, -0.05) is 30.3 Å². The first kappa shape index (κ1) is 15.2. The minimum atomic E-state index is -0.591. The quantitative estimate of drug-likeness (QED) is 0.500. The molecule has 0 bridgehead atoms. The van der Waals surface area contributed by atoms with Crippen molar-refractivity contribution in [3.63, 3.8) is 0 Å². The summed E-state index contributed by atoms with van der Waals surface area (Å²) in [7, 11) is 0. The summed E-state index contributed by atoms with van der Waals surface area (Å²) in [4.78, 5) is 21.9. The summed E-state index contributed by atoms with van der Waals surface area (Å²) in [5.41, 5.74) is 3.02. The average Bonchev–Trinajstić information content (AvgIpc) is 2.48. The highest BCUT2D eigenvalue weighted by Crippen LogP contribution is 2.21. The predicted octanol–water partition coefficient (Wildman–Crippen LogP) is 1.99. The molecule has 0 heterocycles. The van der Waals surface area contributed by atoms with Gasteiger partial charge in [0.05, 0.1) is 23.1 Å². The second-order valence-corrected chi connectivity index (χ2v) is 4.46. The number of carbonyl (C=O) groups is 1. The molecular weight excluding hydrogens is 286 g/mol. The van der Waals surface area contributed by atoms with Gasteiger partial charge in [0.1, 0.15) is 5.75 Å². The lowest BCUT2D eigenvalue weighted by molar-refractivity contribution is -0.385. The van der Waals surface area contributed by atoms with Gasteiger partial charge in [-0.05, 0) is 17.7 Å². The van der Waals surface area contributed by atoms with E-state index >= 15 is 0 Å². The van der Waals surface area contributed by atoms with E-state index in [9.17, 15) is 20.0 Å². The van der Waals surface area contributed by atoms with Crippen molar-refractivity contribution in [2.75, 3.05) is 0 Å². The topological polar surface area (TPSA) is 105 Å². The van der Waals surface area contributed by atoms with E-state index in [4.69, 9.17) is 0 Å². The number of phenolic OH excluding ortho intramolecular Hbond substituents is 1. The summed E-state index contributed by atoms with van der Waals surface area (Å²) in [6.45, 7) is 0. The van der Waals surface area contributed by atoms with Crippen LogP contribution >= 0.6 is 0 Å². The van der Waals surface area contributed by atoms with E-state index in [-0.39, 0.29) is 29.3 Å². The summed E-state index contributed by atoms with van der Waals surface area (Å²) in [6, 6.07) is 12.7. The summed E-state index contributed by atoms with van der Waals surface area (Å²) in [5.74, 6) is -0.465. The highest BCUT2D eigenvalue weighted by molar-refractivity contribution is 5.87. The Morgan fingerprint density at radius 3 is 2.68 bits per heavy atom. The summed E-state index contributed by atoms with van der Waals surface area (Å²) < 4.78 is 0. The third-order valence-corrected chi connectivity index (χ3v) is 2.81. The number of phenols is 1. The predicted molar refractivity (Wildman–Crippen MR) is 80.6 cm³/mol. The first-order valence-corrected chi connectivity index (χ1v) is 6.39. The second-order valence-electron chi connectivity index (χ2n) is 4.46. The smallest absolute Gasteiger partial charge is 0.278 e. The van der Waals surface area contributed by atoms with Gasteiger partial charge in [0.25, 0.3) is 5.69 Å². The Morgan fingerprint density at radius 1 is 1.27 bits per heavy atom. The number of rotatable bonds is 5. The van der Waals surface area contributed by atoms with Crippen LogP contribution in [-0.2, 0) is 11.2 Å². The van der Waals surface area contributed by atoms with Crippen molar-refractivity contribution in [3.05, 3.63) is 69.8 Å². The first-order chi connectivity index (χ1) is 10.6. The zero-order chi connectivity index (χ0) is 15.9. The molecule has 0 aliphatic carbocycles. The SMILES string of the molecule is O=C(Cc1ccccc1)NN=Cc1cc(O)ccc1[N+](=O)[O-]. The van der Waals surface area contributed by atoms with E-state index in [1.807, 2.05) is 30.3 Å². The molecule has 0 saturated heterocycles. The molecule has 7 heteroatoms. The number of benzene rings is 2. The maximum Gasteiger partial charge on any atom is 0.278 e. The van der Waals surface area contributed by atoms with Gasteiger partial charge >= 0.3 is 0 Å². The fourth-order valence-corrected chi connectivity index (χ4v) is 1.81. The van der Waals surface area contributed by atoms with Gasteiger partial charge < -0.3 is 5.11 Å². The zero-order valence-electron chi connectivity index (χ0n) is 11.5. The number of carbonyl (C=O) groups excluding carboxylic acids is 1. The molecule has 2 aromatic carbocycles. The van der Waals surface area contributed by atoms with E-state index in [0.29, 0.717) is 0 Å². The van der Waals surface area contributed by atoms with Crippen molar-refractivity contribution in [1.29, 1.82) is 0 Å². The highest BCUT2D eigenvalue weighted by atomic mass is 16.6. The zero-order valence-corrected chi connectivity index (χ0v) is 11.5. The summed E-state index contributed by atoms with van der Waals surface area (Å²) in [6.07, 6.45) is 1.28. The molecular formula is C15H13N3O4. The van der Waals surface area contributed by atoms with Gasteiger partial charge in [-0.3, -0.25) is 14.9 Å². The Labute approximate surface area is 126 Å². The number of hydrogen-bond acceptors (Lipinski definition) is 5. The molecule has 1 amide bonds. The van der Waals surface area contributed by atoms with E-state index in [1.54, 1.807) is 0 Å². The van der Waals surface area contributed by atoms with Gasteiger partial charge in [0.15, 0.2) is 0 Å². The fraction of sp³-hybridized carbons (Fsp3) is 0.0667. The van der Waals surface area contributed by atoms with E-state index in [0.717, 1.165) is 11.8 Å². The number of nitro benzene ring substituents is 1. The van der Waals surface area contributed by atoms with Crippen LogP contribution in [0.1, 0.15) is 11.1 Å². The van der Waals surface area contributed by atoms with Crippen molar-refractivity contribution < 1.29 is 14.8 Å². The van der Waals surface area contributed by atoms with Crippen molar-refractivity contribution in [2.45, 2.75) is 6.42 Å². The number of nitrogens with one attached hydrogen (secondary N) is 1. The molecule has 0 unspecified atom stereocenters. The molecule has 0 radical (unpaired) electrons. The van der Waals surface area contributed by atoms with Crippen LogP contribution in [-0.4, -0.2) is 22.2 Å². The fourth-order valence-electron chi connectivity index (χ4n) is 1.81. The molecule has 0 aromatic heterocycles. The van der Waals surface area contributed by atoms with Crippen LogP contribution in [0.25, 0.3) is 0 Å². The highest BCUT2D eigenvalue weighted by Gasteiger charge is 2.12. The van der Waals surface area contributed by atoms with Crippen LogP contribution in [0.2, 0.25) is 0 Å². The van der Waals surface area contributed by atoms with Crippen molar-refractivity contribution >= 4 is 17.8 Å². The maximum atomic E-state index is 11.7. The van der Waals surface area contributed by atoms with Gasteiger partial charge in [-0.25, -0.2) is 5.43 Å². The summed E-state index contributed by atoms with van der Waals surface area (Å²) >= 11 is 0. The Kier molecular flexibility index (Phi) is 4.81. The largest absolute Gasteiger partial charge is 0.508 e. The monoisotopic (exact) mass is 299 g/mol. The second kappa shape index (κ2) is 6.98. The molecule has 22 heavy (non-hydrogen) atoms. The van der Waals surface area contributed by atoms with Crippen molar-refractivity contribution in [1.82, 2.24) is 5.43 Å². The van der Waals surface area contributed by atoms with Crippen LogP contribution in [0.4, 0.5) is 5.69 Å². The molecule has 2 rings (SSSR count). The van der Waals surface area contributed by atoms with Crippen LogP contribution in [0, 0.1) is 10.1 Å². The molecule has 0 aliphatic rings. The van der Waals surface area contributed by atoms with E-state index in [2.05, 4.69) is 10.5 Å². The van der Waals surface area contributed by atoms with E-state index in [1.165, 1.54) is 18.2 Å². The average molecular weight is 299 g/mol. The lowest BCUT2D eigenvalue weighted by Gasteiger charge is -2.01. The molecule has 2 N–H and O–H groups in total. The van der Waals surface area contributed by atoms with Crippen molar-refractivity contribution in [2.24, 2.45) is 5.10 Å². The van der Waals surface area contributed by atoms with Crippen LogP contribution in [0.3, 0.4) is 0 Å². The molecule has 0 aliphatic heterocycles. The van der Waals surface area contributed by atoms with Gasteiger partial charge in [-0.2, -0.15) is 5.10 Å². The minimum Gasteiger partial charge on any atom is -0.508 e. The Balaban J connectivity index is 2.02. The molecule has 0 atom stereocenters. The van der Waals surface area contributed by atoms with Gasteiger partial charge in [-0.15, -0.1) is 0 Å². The molecule has 112 valence electrons. The lowest BCUT2D eigenvalue weighted by atomic mass is 10.1. The Morgan fingerprint density at radius 2 is 2.00 bits per heavy atom. The summed E-state index contributed by atoms with van der Waals surface area (Å²) in [5, 5.41) is 23.9. The Hall–Kier alpha value is -3.22. The third-order valence-electron chi connectivity index (χ3n) is 2.81. The van der Waals surface area contributed by atoms with Crippen LogP contribution in [0.15, 0.2) is 53.6 Å². The number of nitrogens with zero attached hydrogens (tertiary/aromatic N) is 2. The minimum absolute atomic E-state index is 0.102. The third kappa shape index (κ3) is 4.14. The lowest BCUT2D eigenvalue weighted by Crippen LogP contribution is -2.19. The Bertz CT molecular complexity index is 714. The number of hydrazone groups is 1. The first-order valence-electron chi connectivity index (χ1n) is 6.39. The number of hydrogen-bond donors (Lipinski definition) is 2. The van der Waals surface area contributed by atoms with Crippen molar-refractivity contribution in [3.8, 4) is 5.75 Å². The molecule has 0 spiro atoms. The van der Waals surface area contributed by atoms with Crippen LogP contribution < -0.4 is 5.43 Å². The normalized spacial score (nSPS) is 10.5. The standard InChI is InChI=1S/C15H13N3O4/c19-13-6-7-14(18(21)22)12(9-13)10-16-17-15(20)8-11-4-2-1-3-5-11/h1-7,9-10,19H,8H2,(H,17,20). The molecule has 2 aromatic rings. The number of nitro groups is 1. The molecule has 0 saturated carbocycles. The van der Waals surface area contributed by atoms with Gasteiger partial charge in [0.2, 0.25) is 5.91 Å². The maximum absolute atomic E-state index is 11.7. The number of aromatic hydroxyl groups is 1.